The summed E-state index contributed by atoms with van der Waals surface area (Å²) < 4.78 is 0. The van der Waals surface area contributed by atoms with Crippen molar-refractivity contribution < 1.29 is 9.59 Å². The predicted octanol–water partition coefficient (Wildman–Crippen LogP) is 6.85. The number of carbonyl (C=O) groups is 2. The number of nitrogens with one attached hydrogen (secondary N) is 1. The van der Waals surface area contributed by atoms with Crippen LogP contribution in [0.15, 0.2) is 84.9 Å². The highest BCUT2D eigenvalue weighted by atomic mass is 16.2. The molecule has 3 aromatic carbocycles. The van der Waals surface area contributed by atoms with Gasteiger partial charge in [0.15, 0.2) is 0 Å². The number of nitrogens with zero attached hydrogens (tertiary/aromatic N) is 1. The number of rotatable bonds is 7. The molecule has 1 aliphatic carbocycles. The van der Waals surface area contributed by atoms with Crippen LogP contribution in [0.5, 0.6) is 0 Å². The second-order valence-electron chi connectivity index (χ2n) is 10.5. The molecule has 188 valence electrons. The van der Waals surface area contributed by atoms with Crippen LogP contribution in [0.2, 0.25) is 0 Å². The van der Waals surface area contributed by atoms with E-state index >= 15 is 0 Å². The fourth-order valence-electron chi connectivity index (χ4n) is 5.35. The van der Waals surface area contributed by atoms with Crippen LogP contribution >= 0.6 is 0 Å². The zero-order valence-electron chi connectivity index (χ0n) is 21.9. The van der Waals surface area contributed by atoms with Crippen molar-refractivity contribution in [2.24, 2.45) is 5.92 Å². The molecule has 4 rings (SSSR count). The van der Waals surface area contributed by atoms with Gasteiger partial charge in [-0.15, -0.1) is 0 Å². The zero-order valence-corrected chi connectivity index (χ0v) is 21.9. The summed E-state index contributed by atoms with van der Waals surface area (Å²) in [7, 11) is 1.86. The van der Waals surface area contributed by atoms with Crippen molar-refractivity contribution in [3.05, 3.63) is 107 Å². The Labute approximate surface area is 215 Å². The first kappa shape index (κ1) is 25.7. The molecule has 1 N–H and O–H groups in total. The Balaban J connectivity index is 1.47. The normalized spacial score (nSPS) is 18.8. The van der Waals surface area contributed by atoms with Gasteiger partial charge in [0, 0.05) is 18.5 Å². The number of hydrogen-bond acceptors (Lipinski definition) is 2. The molecule has 1 fully saturated rings. The molecule has 4 nitrogen and oxygen atoms in total. The summed E-state index contributed by atoms with van der Waals surface area (Å²) in [5.74, 6) is 0.237. The SMILES string of the molecule is C[C@H](NC(=O)[C@H]1CCCC[C@@H]1c1ccc(C(=O)N(C)C(C)(C)c2ccccc2)cc1)c1ccccc1. The minimum absolute atomic E-state index is 0.00924. The van der Waals surface area contributed by atoms with Crippen LogP contribution < -0.4 is 5.32 Å². The van der Waals surface area contributed by atoms with Gasteiger partial charge in [0.05, 0.1) is 11.6 Å². The van der Waals surface area contributed by atoms with Crippen LogP contribution in [0.25, 0.3) is 0 Å². The lowest BCUT2D eigenvalue weighted by atomic mass is 9.74. The molecule has 0 aliphatic heterocycles. The Hall–Kier alpha value is -3.40. The van der Waals surface area contributed by atoms with Gasteiger partial charge in [-0.25, -0.2) is 0 Å². The van der Waals surface area contributed by atoms with E-state index in [2.05, 4.69) is 43.4 Å². The van der Waals surface area contributed by atoms with E-state index < -0.39 is 5.54 Å². The largest absolute Gasteiger partial charge is 0.349 e. The van der Waals surface area contributed by atoms with Gasteiger partial charge in [-0.05, 0) is 68.4 Å². The Kier molecular flexibility index (Phi) is 7.93. The summed E-state index contributed by atoms with van der Waals surface area (Å²) in [4.78, 5) is 28.5. The molecular weight excluding hydrogens is 444 g/mol. The van der Waals surface area contributed by atoms with Crippen molar-refractivity contribution in [1.82, 2.24) is 10.2 Å². The summed E-state index contributed by atoms with van der Waals surface area (Å²) in [5, 5.41) is 3.24. The monoisotopic (exact) mass is 482 g/mol. The third-order valence-electron chi connectivity index (χ3n) is 7.97. The van der Waals surface area contributed by atoms with Crippen LogP contribution in [-0.4, -0.2) is 23.8 Å². The number of carbonyl (C=O) groups excluding carboxylic acids is 2. The molecule has 3 aromatic rings. The van der Waals surface area contributed by atoms with E-state index in [4.69, 9.17) is 0 Å². The molecule has 0 saturated heterocycles. The predicted molar refractivity (Wildman–Crippen MR) is 146 cm³/mol. The summed E-state index contributed by atoms with van der Waals surface area (Å²) in [6.45, 7) is 6.17. The summed E-state index contributed by atoms with van der Waals surface area (Å²) in [6.07, 6.45) is 4.08. The molecule has 0 heterocycles. The third kappa shape index (κ3) is 5.53. The van der Waals surface area contributed by atoms with Crippen molar-refractivity contribution in [3.8, 4) is 0 Å². The third-order valence-corrected chi connectivity index (χ3v) is 7.97. The standard InChI is InChI=1S/C32H38N2O2/c1-23(24-13-7-5-8-14-24)33-30(35)29-18-12-11-17-28(29)25-19-21-26(22-20-25)31(36)34(4)32(2,3)27-15-9-6-10-16-27/h5-10,13-16,19-23,28-29H,11-12,17-18H2,1-4H3,(H,33,35)/t23-,28+,29-/m0/s1. The van der Waals surface area contributed by atoms with Gasteiger partial charge >= 0.3 is 0 Å². The Morgan fingerprint density at radius 1 is 0.861 bits per heavy atom. The first-order valence-corrected chi connectivity index (χ1v) is 13.1. The second-order valence-corrected chi connectivity index (χ2v) is 10.5. The molecule has 0 aromatic heterocycles. The quantitative estimate of drug-likeness (QED) is 0.401. The second kappa shape index (κ2) is 11.1. The summed E-state index contributed by atoms with van der Waals surface area (Å²) in [6, 6.07) is 28.1. The van der Waals surface area contributed by atoms with E-state index in [1.807, 2.05) is 74.6 Å². The Bertz CT molecular complexity index is 1160. The lowest BCUT2D eigenvalue weighted by Crippen LogP contribution is -2.42. The molecule has 2 amide bonds. The van der Waals surface area contributed by atoms with Crippen molar-refractivity contribution in [2.75, 3.05) is 7.05 Å². The smallest absolute Gasteiger partial charge is 0.254 e. The molecule has 0 bridgehead atoms. The van der Waals surface area contributed by atoms with E-state index in [-0.39, 0.29) is 29.7 Å². The maximum atomic E-state index is 13.3. The van der Waals surface area contributed by atoms with Crippen LogP contribution in [0.3, 0.4) is 0 Å². The number of hydrogen-bond donors (Lipinski definition) is 1. The van der Waals surface area contributed by atoms with Crippen molar-refractivity contribution >= 4 is 11.8 Å². The zero-order chi connectivity index (χ0) is 25.7. The van der Waals surface area contributed by atoms with Crippen molar-refractivity contribution in [2.45, 2.75) is 64.0 Å². The molecular formula is C32H38N2O2. The summed E-state index contributed by atoms with van der Waals surface area (Å²) in [5.41, 5.74) is 3.59. The van der Waals surface area contributed by atoms with E-state index in [1.54, 1.807) is 4.90 Å². The molecule has 1 aliphatic rings. The van der Waals surface area contributed by atoms with Crippen LogP contribution in [0, 0.1) is 5.92 Å². The van der Waals surface area contributed by atoms with Crippen molar-refractivity contribution in [3.63, 3.8) is 0 Å². The minimum Gasteiger partial charge on any atom is -0.349 e. The van der Waals surface area contributed by atoms with Gasteiger partial charge in [0.25, 0.3) is 5.91 Å². The molecule has 4 heteroatoms. The number of amides is 2. The fraction of sp³-hybridized carbons (Fsp3) is 0.375. The molecule has 0 radical (unpaired) electrons. The van der Waals surface area contributed by atoms with E-state index in [9.17, 15) is 9.59 Å². The van der Waals surface area contributed by atoms with Gasteiger partial charge in [0.2, 0.25) is 5.91 Å². The minimum atomic E-state index is -0.432. The van der Waals surface area contributed by atoms with E-state index in [0.717, 1.165) is 42.4 Å². The van der Waals surface area contributed by atoms with Crippen LogP contribution in [0.1, 0.15) is 85.5 Å². The molecule has 3 atom stereocenters. The fourth-order valence-corrected chi connectivity index (χ4v) is 5.35. The number of benzene rings is 3. The first-order valence-electron chi connectivity index (χ1n) is 13.1. The average molecular weight is 483 g/mol. The molecule has 1 saturated carbocycles. The maximum Gasteiger partial charge on any atom is 0.254 e. The lowest BCUT2D eigenvalue weighted by molar-refractivity contribution is -0.127. The van der Waals surface area contributed by atoms with E-state index in [0.29, 0.717) is 5.56 Å². The Morgan fingerprint density at radius 3 is 2.08 bits per heavy atom. The van der Waals surface area contributed by atoms with Crippen LogP contribution in [-0.2, 0) is 10.3 Å². The maximum absolute atomic E-state index is 13.3. The summed E-state index contributed by atoms with van der Waals surface area (Å²) >= 11 is 0. The van der Waals surface area contributed by atoms with Gasteiger partial charge in [-0.1, -0.05) is 85.6 Å². The van der Waals surface area contributed by atoms with Gasteiger partial charge in [0.1, 0.15) is 0 Å². The lowest BCUT2D eigenvalue weighted by Gasteiger charge is -2.36. The van der Waals surface area contributed by atoms with Crippen LogP contribution in [0.4, 0.5) is 0 Å². The van der Waals surface area contributed by atoms with Crippen molar-refractivity contribution in [1.29, 1.82) is 0 Å². The van der Waals surface area contributed by atoms with Gasteiger partial charge < -0.3 is 10.2 Å². The first-order chi connectivity index (χ1) is 17.3. The van der Waals surface area contributed by atoms with Gasteiger partial charge in [-0.3, -0.25) is 9.59 Å². The van der Waals surface area contributed by atoms with E-state index in [1.165, 1.54) is 0 Å². The highest BCUT2D eigenvalue weighted by Crippen LogP contribution is 2.38. The molecule has 0 spiro atoms. The highest BCUT2D eigenvalue weighted by molar-refractivity contribution is 5.94. The molecule has 36 heavy (non-hydrogen) atoms. The Morgan fingerprint density at radius 2 is 1.44 bits per heavy atom. The average Bonchev–Trinajstić information content (AvgIpc) is 2.93. The van der Waals surface area contributed by atoms with Gasteiger partial charge in [-0.2, -0.15) is 0 Å². The molecule has 0 unspecified atom stereocenters. The topological polar surface area (TPSA) is 49.4 Å². The highest BCUT2D eigenvalue weighted by Gasteiger charge is 2.33.